The van der Waals surface area contributed by atoms with E-state index in [-0.39, 0.29) is 0 Å². The van der Waals surface area contributed by atoms with Crippen LogP contribution in [0.1, 0.15) is 5.69 Å². The van der Waals surface area contributed by atoms with Gasteiger partial charge in [0.05, 0.1) is 12.0 Å². The van der Waals surface area contributed by atoms with Crippen molar-refractivity contribution in [2.24, 2.45) is 0 Å². The molecule has 13 heavy (non-hydrogen) atoms. The average molecular weight is 174 g/mol. The van der Waals surface area contributed by atoms with Gasteiger partial charge in [0.25, 0.3) is 13.1 Å². The molecule has 0 bridgehead atoms. The Labute approximate surface area is 74.7 Å². The molecule has 0 radical (unpaired) electrons. The van der Waals surface area contributed by atoms with Crippen molar-refractivity contribution in [2.75, 3.05) is 7.05 Å². The van der Waals surface area contributed by atoms with E-state index in [9.17, 15) is 0 Å². The van der Waals surface area contributed by atoms with Crippen LogP contribution in [0.3, 0.4) is 0 Å². The van der Waals surface area contributed by atoms with E-state index in [2.05, 4.69) is 30.9 Å². The van der Waals surface area contributed by atoms with Crippen molar-refractivity contribution in [3.63, 3.8) is 0 Å². The highest BCUT2D eigenvalue weighted by Gasteiger charge is 2.05. The summed E-state index contributed by atoms with van der Waals surface area (Å²) in [5.41, 5.74) is 2.41. The van der Waals surface area contributed by atoms with E-state index < -0.39 is 0 Å². The molecule has 2 rings (SSSR count). The second-order valence-electron chi connectivity index (χ2n) is 2.48. The summed E-state index contributed by atoms with van der Waals surface area (Å²) in [5, 5.41) is 0. The number of imidazole rings is 1. The molecule has 0 saturated heterocycles. The van der Waals surface area contributed by atoms with E-state index in [1.54, 1.807) is 13.4 Å². The maximum atomic E-state index is 4.11. The quantitative estimate of drug-likeness (QED) is 0.697. The van der Waals surface area contributed by atoms with Crippen molar-refractivity contribution in [1.82, 2.24) is 19.9 Å². The highest BCUT2D eigenvalue weighted by atomic mass is 15.0. The fourth-order valence-electron chi connectivity index (χ4n) is 1.10. The minimum atomic E-state index is 0.581. The van der Waals surface area contributed by atoms with Crippen LogP contribution in [0.25, 0.3) is 16.0 Å². The van der Waals surface area contributed by atoms with Crippen molar-refractivity contribution >= 4 is 11.2 Å². The summed E-state index contributed by atoms with van der Waals surface area (Å²) in [6.45, 7) is 0. The van der Waals surface area contributed by atoms with Gasteiger partial charge in [-0.05, 0) is 0 Å². The van der Waals surface area contributed by atoms with Crippen molar-refractivity contribution in [3.8, 4) is 6.07 Å². The van der Waals surface area contributed by atoms with Gasteiger partial charge < -0.3 is 4.98 Å². The molecule has 5 nitrogen and oxygen atoms in total. The van der Waals surface area contributed by atoms with Gasteiger partial charge >= 0.3 is 0 Å². The lowest BCUT2D eigenvalue weighted by molar-refractivity contribution is 1.09. The van der Waals surface area contributed by atoms with Crippen molar-refractivity contribution in [3.05, 3.63) is 23.2 Å². The third-order valence-electron chi connectivity index (χ3n) is 1.71. The number of aromatic nitrogens is 4. The molecule has 5 heteroatoms. The van der Waals surface area contributed by atoms with Crippen LogP contribution < -0.4 is 0 Å². The largest absolute Gasteiger partial charge is 0.342 e. The fourth-order valence-corrected chi connectivity index (χ4v) is 1.10. The lowest BCUT2D eigenvalue weighted by atomic mass is 10.3. The van der Waals surface area contributed by atoms with Crippen LogP contribution in [0.4, 0.5) is 0 Å². The molecular weight excluding hydrogens is 166 g/mol. The first-order chi connectivity index (χ1) is 6.42. The third kappa shape index (κ3) is 1.34. The summed E-state index contributed by atoms with van der Waals surface area (Å²) in [6, 6.07) is 2.83. The monoisotopic (exact) mass is 174 g/mol. The molecule has 0 amide bonds. The average Bonchev–Trinajstić information content (AvgIpc) is 2.62. The first-order valence-electron chi connectivity index (χ1n) is 3.86. The van der Waals surface area contributed by atoms with E-state index in [0.717, 1.165) is 11.2 Å². The molecule has 0 aliphatic heterocycles. The van der Waals surface area contributed by atoms with Gasteiger partial charge in [-0.1, -0.05) is 4.85 Å². The number of fused-ring (bicyclic) bond motifs is 1. The van der Waals surface area contributed by atoms with Crippen LogP contribution in [0.15, 0.2) is 12.7 Å². The standard InChI is InChI=1S/C8H8N5/c1-9-3-2-6-7-8(12-4-10-6)13-5-11-7/h4-5H,2H2,1H3,(H,10,11,12,13)/q+1. The Kier molecular flexibility index (Phi) is 1.88. The summed E-state index contributed by atoms with van der Waals surface area (Å²) >= 11 is 0. The number of nitrogens with one attached hydrogen (secondary N) is 1. The maximum Gasteiger partial charge on any atom is 0.279 e. The Balaban J connectivity index is 2.52. The Hall–Kier alpha value is -1.96. The topological polar surface area (TPSA) is 58.8 Å². The van der Waals surface area contributed by atoms with E-state index in [1.165, 1.54) is 6.33 Å². The second kappa shape index (κ2) is 3.19. The Bertz CT molecular complexity index is 476. The summed E-state index contributed by atoms with van der Waals surface area (Å²) in [5.74, 6) is 0. The molecule has 0 aromatic carbocycles. The summed E-state index contributed by atoms with van der Waals surface area (Å²) in [6.07, 6.45) is 3.68. The zero-order valence-electron chi connectivity index (χ0n) is 7.15. The minimum absolute atomic E-state index is 0.581. The molecule has 0 saturated carbocycles. The van der Waals surface area contributed by atoms with E-state index in [1.807, 2.05) is 0 Å². The molecule has 64 valence electrons. The van der Waals surface area contributed by atoms with Crippen molar-refractivity contribution < 1.29 is 0 Å². The highest BCUT2D eigenvalue weighted by Crippen LogP contribution is 2.08. The lowest BCUT2D eigenvalue weighted by Crippen LogP contribution is -1.91. The molecule has 0 fully saturated rings. The van der Waals surface area contributed by atoms with Gasteiger partial charge in [-0.3, -0.25) is 0 Å². The van der Waals surface area contributed by atoms with Gasteiger partial charge in [0.2, 0.25) is 0 Å². The highest BCUT2D eigenvalue weighted by molar-refractivity contribution is 5.72. The molecule has 2 aromatic heterocycles. The molecule has 0 atom stereocenters. The number of nitrogens with zero attached hydrogens (tertiary/aromatic N) is 4. The first-order valence-corrected chi connectivity index (χ1v) is 3.86. The number of H-pyrrole nitrogens is 1. The zero-order valence-corrected chi connectivity index (χ0v) is 7.15. The van der Waals surface area contributed by atoms with Crippen LogP contribution in [-0.2, 0) is 6.42 Å². The van der Waals surface area contributed by atoms with E-state index in [0.29, 0.717) is 12.1 Å². The van der Waals surface area contributed by atoms with Gasteiger partial charge in [-0.15, -0.1) is 0 Å². The van der Waals surface area contributed by atoms with Crippen LogP contribution in [-0.4, -0.2) is 27.0 Å². The number of hydrogen-bond acceptors (Lipinski definition) is 3. The lowest BCUT2D eigenvalue weighted by Gasteiger charge is -1.91. The van der Waals surface area contributed by atoms with E-state index >= 15 is 0 Å². The van der Waals surface area contributed by atoms with Crippen LogP contribution in [0, 0.1) is 6.07 Å². The SMILES string of the molecule is C[N+]#CCc1ncnc2nc[nH]c12. The van der Waals surface area contributed by atoms with Gasteiger partial charge in [0.15, 0.2) is 5.65 Å². The first kappa shape index (κ1) is 7.68. The fraction of sp³-hybridized carbons (Fsp3) is 0.250. The molecule has 2 aromatic rings. The Morgan fingerprint density at radius 3 is 3.23 bits per heavy atom. The van der Waals surface area contributed by atoms with Gasteiger partial charge in [0.1, 0.15) is 18.3 Å². The number of rotatable bonds is 1. The molecule has 0 spiro atoms. The van der Waals surface area contributed by atoms with Crippen LogP contribution >= 0.6 is 0 Å². The molecular formula is C8H8N5+. The van der Waals surface area contributed by atoms with E-state index in [4.69, 9.17) is 0 Å². The molecule has 1 N–H and O–H groups in total. The number of aromatic amines is 1. The zero-order chi connectivity index (χ0) is 9.10. The van der Waals surface area contributed by atoms with Crippen molar-refractivity contribution in [1.29, 1.82) is 0 Å². The summed E-state index contributed by atoms with van der Waals surface area (Å²) in [4.78, 5) is 18.9. The van der Waals surface area contributed by atoms with Gasteiger partial charge in [-0.25, -0.2) is 15.0 Å². The number of hydrogen-bond donors (Lipinski definition) is 1. The smallest absolute Gasteiger partial charge is 0.279 e. The van der Waals surface area contributed by atoms with Gasteiger partial charge in [0, 0.05) is 0 Å². The van der Waals surface area contributed by atoms with Crippen molar-refractivity contribution in [2.45, 2.75) is 6.42 Å². The molecule has 0 aliphatic rings. The summed E-state index contributed by atoms with van der Waals surface area (Å²) in [7, 11) is 1.69. The van der Waals surface area contributed by atoms with Crippen LogP contribution in [0.2, 0.25) is 0 Å². The molecule has 2 heterocycles. The minimum Gasteiger partial charge on any atom is -0.342 e. The maximum absolute atomic E-state index is 4.11. The van der Waals surface area contributed by atoms with Crippen LogP contribution in [0.5, 0.6) is 0 Å². The Morgan fingerprint density at radius 1 is 1.46 bits per heavy atom. The Morgan fingerprint density at radius 2 is 2.38 bits per heavy atom. The summed E-state index contributed by atoms with van der Waals surface area (Å²) < 4.78 is 0. The second-order valence-corrected chi connectivity index (χ2v) is 2.48. The third-order valence-corrected chi connectivity index (χ3v) is 1.71. The molecule has 0 unspecified atom stereocenters. The normalized spacial score (nSPS) is 9.62. The molecule has 0 aliphatic carbocycles. The predicted octanol–water partition coefficient (Wildman–Crippen LogP) is 0.858. The van der Waals surface area contributed by atoms with Gasteiger partial charge in [-0.2, -0.15) is 0 Å². The predicted molar refractivity (Wildman–Crippen MR) is 48.6 cm³/mol.